The van der Waals surface area contributed by atoms with E-state index in [9.17, 15) is 24.0 Å². The first-order chi connectivity index (χ1) is 19.6. The first kappa shape index (κ1) is 31.7. The molecule has 0 aromatic carbocycles. The third kappa shape index (κ3) is 9.34. The molecule has 2 aliphatic heterocycles. The van der Waals surface area contributed by atoms with Crippen molar-refractivity contribution in [2.24, 2.45) is 17.0 Å². The summed E-state index contributed by atoms with van der Waals surface area (Å²) in [6.45, 7) is 7.52. The maximum absolute atomic E-state index is 13.2. The van der Waals surface area contributed by atoms with Crippen LogP contribution in [0.1, 0.15) is 65.5 Å². The van der Waals surface area contributed by atoms with E-state index in [0.29, 0.717) is 37.2 Å². The highest BCUT2D eigenvalue weighted by Gasteiger charge is 2.36. The SMILES string of the molecule is CC(C)CC(=O)NCCC(=O)N1NCCCC1C(=O)NC(C(=O)COC(=O)C1CC(c2ccccn2)=NO1)C(C)C. The van der Waals surface area contributed by atoms with Gasteiger partial charge in [0.15, 0.2) is 12.4 Å². The number of hydrogen-bond donors (Lipinski definition) is 3. The summed E-state index contributed by atoms with van der Waals surface area (Å²) in [4.78, 5) is 72.9. The summed E-state index contributed by atoms with van der Waals surface area (Å²) in [5.41, 5.74) is 4.05. The molecule has 1 aromatic rings. The van der Waals surface area contributed by atoms with E-state index < -0.39 is 42.5 Å². The molecule has 1 saturated heterocycles. The molecule has 3 rings (SSSR count). The van der Waals surface area contributed by atoms with Gasteiger partial charge in [0, 0.05) is 38.5 Å². The number of rotatable bonds is 13. The van der Waals surface area contributed by atoms with E-state index in [1.54, 1.807) is 38.2 Å². The lowest BCUT2D eigenvalue weighted by Crippen LogP contribution is -2.61. The number of hydrazine groups is 1. The second-order valence-electron chi connectivity index (χ2n) is 10.9. The van der Waals surface area contributed by atoms with Crippen LogP contribution in [0, 0.1) is 11.8 Å². The number of hydrogen-bond acceptors (Lipinski definition) is 10. The third-order valence-corrected chi connectivity index (χ3v) is 6.63. The second-order valence-corrected chi connectivity index (χ2v) is 10.9. The van der Waals surface area contributed by atoms with Crippen molar-refractivity contribution in [1.29, 1.82) is 0 Å². The van der Waals surface area contributed by atoms with Gasteiger partial charge in [-0.3, -0.25) is 29.2 Å². The summed E-state index contributed by atoms with van der Waals surface area (Å²) in [6.07, 6.45) is 2.25. The molecule has 1 aromatic heterocycles. The number of esters is 1. The van der Waals surface area contributed by atoms with Gasteiger partial charge in [0.1, 0.15) is 11.8 Å². The van der Waals surface area contributed by atoms with Crippen molar-refractivity contribution in [3.05, 3.63) is 30.1 Å². The molecule has 0 radical (unpaired) electrons. The molecule has 0 bridgehead atoms. The Balaban J connectivity index is 1.50. The van der Waals surface area contributed by atoms with Crippen molar-refractivity contribution < 1.29 is 33.5 Å². The fourth-order valence-corrected chi connectivity index (χ4v) is 4.50. The number of ketones is 1. The fourth-order valence-electron chi connectivity index (χ4n) is 4.50. The molecule has 0 saturated carbocycles. The highest BCUT2D eigenvalue weighted by Crippen LogP contribution is 2.17. The summed E-state index contributed by atoms with van der Waals surface area (Å²) in [5.74, 6) is -2.27. The Morgan fingerprint density at radius 2 is 1.95 bits per heavy atom. The summed E-state index contributed by atoms with van der Waals surface area (Å²) in [7, 11) is 0. The van der Waals surface area contributed by atoms with Crippen molar-refractivity contribution in [2.45, 2.75) is 78.0 Å². The van der Waals surface area contributed by atoms with E-state index in [0.717, 1.165) is 0 Å². The Bertz CT molecular complexity index is 1120. The van der Waals surface area contributed by atoms with Crippen LogP contribution in [0.5, 0.6) is 0 Å². The number of ether oxygens (including phenoxy) is 1. The van der Waals surface area contributed by atoms with Crippen molar-refractivity contribution in [3.8, 4) is 0 Å². The van der Waals surface area contributed by atoms with Gasteiger partial charge in [-0.15, -0.1) is 0 Å². The van der Waals surface area contributed by atoms with Crippen LogP contribution in [-0.4, -0.2) is 83.1 Å². The number of carbonyl (C=O) groups excluding carboxylic acids is 5. The lowest BCUT2D eigenvalue weighted by atomic mass is 9.98. The molecule has 3 amide bonds. The Morgan fingerprint density at radius 3 is 2.63 bits per heavy atom. The Kier molecular flexibility index (Phi) is 11.7. The van der Waals surface area contributed by atoms with Crippen molar-refractivity contribution in [1.82, 2.24) is 26.1 Å². The fraction of sp³-hybridized carbons (Fsp3) is 0.607. The quantitative estimate of drug-likeness (QED) is 0.291. The standard InChI is InChI=1S/C28H40N6O7/c1-17(2)14-24(36)30-13-10-25(37)34-21(9-7-12-31-34)27(38)32-26(18(3)4)22(35)16-40-28(39)23-15-20(33-41-23)19-8-5-6-11-29-19/h5-6,8,11,17-18,21,23,26,31H,7,9-10,12-16H2,1-4H3,(H,30,36)(H,32,38). The maximum atomic E-state index is 13.2. The van der Waals surface area contributed by atoms with Crippen molar-refractivity contribution >= 4 is 35.2 Å². The number of nitrogens with one attached hydrogen (secondary N) is 3. The number of pyridine rings is 1. The largest absolute Gasteiger partial charge is 0.455 e. The Morgan fingerprint density at radius 1 is 1.17 bits per heavy atom. The molecule has 0 spiro atoms. The molecule has 224 valence electrons. The van der Waals surface area contributed by atoms with Gasteiger partial charge in [-0.1, -0.05) is 38.9 Å². The highest BCUT2D eigenvalue weighted by atomic mass is 16.7. The summed E-state index contributed by atoms with van der Waals surface area (Å²) < 4.78 is 5.21. The molecule has 13 heteroatoms. The van der Waals surface area contributed by atoms with Crippen LogP contribution in [0.3, 0.4) is 0 Å². The highest BCUT2D eigenvalue weighted by molar-refractivity contribution is 6.02. The number of oxime groups is 1. The number of amides is 3. The second kappa shape index (κ2) is 15.2. The lowest BCUT2D eigenvalue weighted by molar-refractivity contribution is -0.159. The van der Waals surface area contributed by atoms with Crippen LogP contribution in [0.2, 0.25) is 0 Å². The summed E-state index contributed by atoms with van der Waals surface area (Å²) in [5, 5.41) is 10.7. The monoisotopic (exact) mass is 572 g/mol. The summed E-state index contributed by atoms with van der Waals surface area (Å²) >= 11 is 0. The van der Waals surface area contributed by atoms with Crippen LogP contribution in [-0.2, 0) is 33.5 Å². The zero-order valence-electron chi connectivity index (χ0n) is 24.1. The molecular formula is C28H40N6O7. The number of nitrogens with zero attached hydrogens (tertiary/aromatic N) is 3. The minimum atomic E-state index is -0.991. The molecule has 3 atom stereocenters. The molecule has 1 fully saturated rings. The third-order valence-electron chi connectivity index (χ3n) is 6.63. The zero-order valence-corrected chi connectivity index (χ0v) is 24.1. The molecule has 3 N–H and O–H groups in total. The average molecular weight is 573 g/mol. The summed E-state index contributed by atoms with van der Waals surface area (Å²) in [6, 6.07) is 3.54. The van der Waals surface area contributed by atoms with E-state index >= 15 is 0 Å². The van der Waals surface area contributed by atoms with E-state index in [1.165, 1.54) is 5.01 Å². The van der Waals surface area contributed by atoms with Crippen LogP contribution in [0.15, 0.2) is 29.6 Å². The molecule has 2 aliphatic rings. The Hall–Kier alpha value is -3.87. The van der Waals surface area contributed by atoms with Gasteiger partial charge in [-0.25, -0.2) is 10.2 Å². The van der Waals surface area contributed by atoms with Crippen LogP contribution in [0.4, 0.5) is 0 Å². The van der Waals surface area contributed by atoms with Crippen LogP contribution >= 0.6 is 0 Å². The number of aromatic nitrogens is 1. The van der Waals surface area contributed by atoms with Gasteiger partial charge >= 0.3 is 5.97 Å². The number of carbonyl (C=O) groups is 5. The van der Waals surface area contributed by atoms with E-state index in [2.05, 4.69) is 26.2 Å². The predicted octanol–water partition coefficient (Wildman–Crippen LogP) is 0.876. The maximum Gasteiger partial charge on any atom is 0.351 e. The predicted molar refractivity (Wildman–Crippen MR) is 148 cm³/mol. The normalized spacial score (nSPS) is 19.3. The van der Waals surface area contributed by atoms with Gasteiger partial charge in [-0.2, -0.15) is 0 Å². The van der Waals surface area contributed by atoms with E-state index in [-0.39, 0.29) is 43.0 Å². The number of Topliss-reactive ketones (excluding diaryl/α,β-unsaturated/α-hetero) is 1. The topological polar surface area (TPSA) is 168 Å². The molecule has 0 aliphatic carbocycles. The van der Waals surface area contributed by atoms with E-state index in [1.807, 2.05) is 13.8 Å². The first-order valence-corrected chi connectivity index (χ1v) is 14.0. The zero-order chi connectivity index (χ0) is 29.9. The Labute approximate surface area is 239 Å². The molecular weight excluding hydrogens is 532 g/mol. The smallest absolute Gasteiger partial charge is 0.351 e. The molecule has 3 heterocycles. The van der Waals surface area contributed by atoms with Crippen LogP contribution < -0.4 is 16.1 Å². The van der Waals surface area contributed by atoms with Gasteiger partial charge < -0.3 is 20.2 Å². The lowest BCUT2D eigenvalue weighted by Gasteiger charge is -2.36. The van der Waals surface area contributed by atoms with Gasteiger partial charge in [0.05, 0.1) is 11.7 Å². The minimum absolute atomic E-state index is 0.0259. The molecule has 13 nitrogen and oxygen atoms in total. The van der Waals surface area contributed by atoms with Gasteiger partial charge in [-0.05, 0) is 36.8 Å². The van der Waals surface area contributed by atoms with Gasteiger partial charge in [0.25, 0.3) is 0 Å². The van der Waals surface area contributed by atoms with Crippen LogP contribution in [0.25, 0.3) is 0 Å². The average Bonchev–Trinajstić information content (AvgIpc) is 3.45. The van der Waals surface area contributed by atoms with Crippen molar-refractivity contribution in [2.75, 3.05) is 19.7 Å². The first-order valence-electron chi connectivity index (χ1n) is 14.0. The van der Waals surface area contributed by atoms with E-state index in [4.69, 9.17) is 9.57 Å². The van der Waals surface area contributed by atoms with Crippen molar-refractivity contribution in [3.63, 3.8) is 0 Å². The molecule has 3 unspecified atom stereocenters. The van der Waals surface area contributed by atoms with Gasteiger partial charge in [0.2, 0.25) is 23.8 Å². The molecule has 41 heavy (non-hydrogen) atoms. The minimum Gasteiger partial charge on any atom is -0.455 e.